The molecule has 1 N–H and O–H groups in total. The summed E-state index contributed by atoms with van der Waals surface area (Å²) in [6.07, 6.45) is 2.04. The van der Waals surface area contributed by atoms with E-state index in [0.29, 0.717) is 12.2 Å². The Labute approximate surface area is 174 Å². The molecule has 1 atom stereocenters. The Morgan fingerprint density at radius 3 is 2.41 bits per heavy atom. The monoisotopic (exact) mass is 416 g/mol. The molecule has 1 aliphatic rings. The normalized spacial score (nSPS) is 14.2. The molecule has 2 aromatic carbocycles. The van der Waals surface area contributed by atoms with Crippen LogP contribution in [0.2, 0.25) is 0 Å². The number of benzene rings is 2. The molecule has 2 aromatic rings. The summed E-state index contributed by atoms with van der Waals surface area (Å²) in [5, 5.41) is 2.39. The maximum absolute atomic E-state index is 13.0. The third-order valence-electron chi connectivity index (χ3n) is 4.72. The lowest BCUT2D eigenvalue weighted by molar-refractivity contribution is -0.131. The van der Waals surface area contributed by atoms with E-state index in [0.717, 1.165) is 24.2 Å². The minimum absolute atomic E-state index is 0.0444. The molecule has 1 saturated carbocycles. The molecule has 0 aromatic heterocycles. The molecule has 1 fully saturated rings. The van der Waals surface area contributed by atoms with E-state index in [-0.39, 0.29) is 34.7 Å². The average Bonchev–Trinajstić information content (AvgIpc) is 3.57. The quantitative estimate of drug-likeness (QED) is 0.669. The van der Waals surface area contributed by atoms with Gasteiger partial charge in [0.15, 0.2) is 0 Å². The van der Waals surface area contributed by atoms with Crippen molar-refractivity contribution in [2.24, 2.45) is 0 Å². The van der Waals surface area contributed by atoms with Crippen molar-refractivity contribution < 1.29 is 18.7 Å². The van der Waals surface area contributed by atoms with Crippen LogP contribution in [0.25, 0.3) is 0 Å². The third-order valence-corrected chi connectivity index (χ3v) is 5.85. The fraction of sp³-hybridized carbons (Fsp3) is 0.364. The molecule has 1 aliphatic carbocycles. The summed E-state index contributed by atoms with van der Waals surface area (Å²) in [6.45, 7) is 2.39. The smallest absolute Gasteiger partial charge is 0.235 e. The Bertz CT molecular complexity index is 838. The van der Waals surface area contributed by atoms with E-state index in [4.69, 9.17) is 4.74 Å². The number of hydrogen-bond acceptors (Lipinski definition) is 4. The molecule has 0 radical (unpaired) electrons. The lowest BCUT2D eigenvalue weighted by Gasteiger charge is -2.25. The highest BCUT2D eigenvalue weighted by Gasteiger charge is 2.34. The van der Waals surface area contributed by atoms with Gasteiger partial charge in [-0.05, 0) is 61.7 Å². The van der Waals surface area contributed by atoms with Crippen molar-refractivity contribution in [1.29, 1.82) is 0 Å². The van der Waals surface area contributed by atoms with Crippen molar-refractivity contribution in [2.75, 3.05) is 18.2 Å². The second-order valence-corrected chi connectivity index (χ2v) is 8.38. The number of methoxy groups -OCH3 is 1. The maximum Gasteiger partial charge on any atom is 0.235 e. The number of nitrogens with one attached hydrogen (secondary N) is 1. The van der Waals surface area contributed by atoms with Gasteiger partial charge in [0.1, 0.15) is 11.6 Å². The molecule has 0 heterocycles. The number of thioether (sulfide) groups is 1. The van der Waals surface area contributed by atoms with Crippen molar-refractivity contribution in [2.45, 2.75) is 37.6 Å². The minimum Gasteiger partial charge on any atom is -0.497 e. The van der Waals surface area contributed by atoms with Gasteiger partial charge in [-0.3, -0.25) is 9.59 Å². The standard InChI is InChI=1S/C22H25FN2O3S/c1-15(29-14-21(26)24-18-7-5-17(23)6-8-18)22(27)25(19-9-10-19)13-16-3-11-20(28-2)12-4-16/h3-8,11-12,15,19H,9-10,13-14H2,1-2H3,(H,24,26). The first-order chi connectivity index (χ1) is 14.0. The van der Waals surface area contributed by atoms with E-state index in [1.54, 1.807) is 7.11 Å². The number of anilines is 1. The summed E-state index contributed by atoms with van der Waals surface area (Å²) < 4.78 is 18.1. The molecule has 3 rings (SSSR count). The van der Waals surface area contributed by atoms with Crippen LogP contribution in [0, 0.1) is 5.82 Å². The van der Waals surface area contributed by atoms with Gasteiger partial charge in [0.25, 0.3) is 0 Å². The Morgan fingerprint density at radius 2 is 1.83 bits per heavy atom. The number of nitrogens with zero attached hydrogens (tertiary/aromatic N) is 1. The first-order valence-corrected chi connectivity index (χ1v) is 10.6. The number of carbonyl (C=O) groups is 2. The van der Waals surface area contributed by atoms with Crippen LogP contribution >= 0.6 is 11.8 Å². The van der Waals surface area contributed by atoms with Crippen LogP contribution in [0.5, 0.6) is 5.75 Å². The highest BCUT2D eigenvalue weighted by Crippen LogP contribution is 2.31. The molecule has 0 saturated heterocycles. The summed E-state index contributed by atoms with van der Waals surface area (Å²) >= 11 is 1.31. The fourth-order valence-electron chi connectivity index (χ4n) is 2.94. The molecule has 0 spiro atoms. The van der Waals surface area contributed by atoms with Gasteiger partial charge in [0, 0.05) is 18.3 Å². The second kappa shape index (κ2) is 9.78. The molecular weight excluding hydrogens is 391 g/mol. The van der Waals surface area contributed by atoms with Crippen LogP contribution in [-0.4, -0.2) is 40.9 Å². The van der Waals surface area contributed by atoms with Gasteiger partial charge in [-0.15, -0.1) is 11.8 Å². The van der Waals surface area contributed by atoms with Gasteiger partial charge in [-0.25, -0.2) is 4.39 Å². The summed E-state index contributed by atoms with van der Waals surface area (Å²) in [5.41, 5.74) is 1.59. The van der Waals surface area contributed by atoms with E-state index >= 15 is 0 Å². The van der Waals surface area contributed by atoms with Crippen LogP contribution in [0.15, 0.2) is 48.5 Å². The number of carbonyl (C=O) groups excluding carboxylic acids is 2. The largest absolute Gasteiger partial charge is 0.497 e. The van der Waals surface area contributed by atoms with E-state index in [2.05, 4.69) is 5.32 Å². The zero-order valence-electron chi connectivity index (χ0n) is 16.6. The number of amides is 2. The van der Waals surface area contributed by atoms with Gasteiger partial charge in [-0.2, -0.15) is 0 Å². The van der Waals surface area contributed by atoms with Crippen LogP contribution < -0.4 is 10.1 Å². The highest BCUT2D eigenvalue weighted by atomic mass is 32.2. The Kier molecular flexibility index (Phi) is 7.14. The Balaban J connectivity index is 1.52. The summed E-state index contributed by atoms with van der Waals surface area (Å²) in [5.74, 6) is 0.422. The van der Waals surface area contributed by atoms with Gasteiger partial charge in [-0.1, -0.05) is 12.1 Å². The fourth-order valence-corrected chi connectivity index (χ4v) is 3.69. The third kappa shape index (κ3) is 6.22. The average molecular weight is 417 g/mol. The predicted molar refractivity (Wildman–Crippen MR) is 114 cm³/mol. The minimum atomic E-state index is -0.353. The topological polar surface area (TPSA) is 58.6 Å². The SMILES string of the molecule is COc1ccc(CN(C(=O)C(C)SCC(=O)Nc2ccc(F)cc2)C2CC2)cc1. The van der Waals surface area contributed by atoms with Crippen LogP contribution in [0.4, 0.5) is 10.1 Å². The Morgan fingerprint density at radius 1 is 1.17 bits per heavy atom. The zero-order chi connectivity index (χ0) is 20.8. The van der Waals surface area contributed by atoms with Crippen LogP contribution in [-0.2, 0) is 16.1 Å². The molecular formula is C22H25FN2O3S. The van der Waals surface area contributed by atoms with Crippen LogP contribution in [0.3, 0.4) is 0 Å². The number of ether oxygens (including phenoxy) is 1. The van der Waals surface area contributed by atoms with E-state index in [1.165, 1.54) is 36.0 Å². The molecule has 7 heteroatoms. The van der Waals surface area contributed by atoms with Crippen molar-refractivity contribution in [1.82, 2.24) is 4.90 Å². The highest BCUT2D eigenvalue weighted by molar-refractivity contribution is 8.01. The van der Waals surface area contributed by atoms with E-state index in [9.17, 15) is 14.0 Å². The molecule has 2 amide bonds. The number of halogens is 1. The van der Waals surface area contributed by atoms with Crippen molar-refractivity contribution in [3.8, 4) is 5.75 Å². The van der Waals surface area contributed by atoms with Crippen molar-refractivity contribution in [3.05, 3.63) is 59.9 Å². The Hall–Kier alpha value is -2.54. The molecule has 0 aliphatic heterocycles. The lowest BCUT2D eigenvalue weighted by atomic mass is 10.2. The van der Waals surface area contributed by atoms with Crippen molar-refractivity contribution in [3.63, 3.8) is 0 Å². The van der Waals surface area contributed by atoms with E-state index < -0.39 is 0 Å². The molecule has 5 nitrogen and oxygen atoms in total. The lowest BCUT2D eigenvalue weighted by Crippen LogP contribution is -2.38. The summed E-state index contributed by atoms with van der Waals surface area (Å²) in [6, 6.07) is 13.6. The molecule has 29 heavy (non-hydrogen) atoms. The van der Waals surface area contributed by atoms with Gasteiger partial charge < -0.3 is 15.0 Å². The predicted octanol–water partition coefficient (Wildman–Crippen LogP) is 4.09. The van der Waals surface area contributed by atoms with Crippen LogP contribution in [0.1, 0.15) is 25.3 Å². The second-order valence-electron chi connectivity index (χ2n) is 7.05. The first kappa shape index (κ1) is 21.2. The molecule has 154 valence electrons. The molecule has 1 unspecified atom stereocenters. The van der Waals surface area contributed by atoms with Gasteiger partial charge in [0.05, 0.1) is 18.1 Å². The summed E-state index contributed by atoms with van der Waals surface area (Å²) in [7, 11) is 1.63. The van der Waals surface area contributed by atoms with E-state index in [1.807, 2.05) is 36.1 Å². The maximum atomic E-state index is 13.0. The van der Waals surface area contributed by atoms with Gasteiger partial charge in [0.2, 0.25) is 11.8 Å². The number of rotatable bonds is 9. The first-order valence-electron chi connectivity index (χ1n) is 9.56. The van der Waals surface area contributed by atoms with Crippen molar-refractivity contribution >= 4 is 29.3 Å². The summed E-state index contributed by atoms with van der Waals surface area (Å²) in [4.78, 5) is 27.0. The van der Waals surface area contributed by atoms with Gasteiger partial charge >= 0.3 is 0 Å². The zero-order valence-corrected chi connectivity index (χ0v) is 17.4. The number of hydrogen-bond donors (Lipinski definition) is 1. The molecule has 0 bridgehead atoms.